The van der Waals surface area contributed by atoms with Crippen LogP contribution in [0.3, 0.4) is 0 Å². The van der Waals surface area contributed by atoms with Crippen LogP contribution in [0.4, 0.5) is 4.39 Å². The molecule has 0 aliphatic carbocycles. The van der Waals surface area contributed by atoms with Gasteiger partial charge in [-0.15, -0.1) is 0 Å². The molecule has 1 heterocycles. The summed E-state index contributed by atoms with van der Waals surface area (Å²) >= 11 is 0. The molecule has 1 N–H and O–H groups in total. The Morgan fingerprint density at radius 2 is 1.94 bits per heavy atom. The Hall–Kier alpha value is -1.64. The topological polar surface area (TPSA) is 27.1 Å². The normalized spacial score (nSPS) is 17.0. The van der Waals surface area contributed by atoms with E-state index in [1.807, 2.05) is 18.0 Å². The van der Waals surface area contributed by atoms with E-state index in [0.717, 1.165) is 30.5 Å². The number of nitrogens with zero attached hydrogens (tertiary/aromatic N) is 1. The van der Waals surface area contributed by atoms with Gasteiger partial charge in [-0.1, -0.05) is 12.1 Å². The maximum absolute atomic E-state index is 12.8. The Labute approximate surface area is 94.9 Å². The number of halogens is 1. The number of benzene rings is 1. The quantitative estimate of drug-likeness (QED) is 0.771. The molecular formula is C13H15FN2. The van der Waals surface area contributed by atoms with Gasteiger partial charge >= 0.3 is 0 Å². The number of amidine groups is 1. The molecule has 1 aliphatic rings. The Bertz CT molecular complexity index is 420. The standard InChI is InChI=1S/C13H15FN2/c1-16-8-2-3-11(9-13(16)15)10-4-6-12(14)7-5-10/h4-7,9,15H,2-3,8H2,1H3. The summed E-state index contributed by atoms with van der Waals surface area (Å²) in [5.41, 5.74) is 2.14. The van der Waals surface area contributed by atoms with E-state index >= 15 is 0 Å². The summed E-state index contributed by atoms with van der Waals surface area (Å²) < 4.78 is 12.8. The van der Waals surface area contributed by atoms with Crippen LogP contribution in [0.2, 0.25) is 0 Å². The summed E-state index contributed by atoms with van der Waals surface area (Å²) in [6.45, 7) is 0.903. The number of hydrogen-bond donors (Lipinski definition) is 1. The van der Waals surface area contributed by atoms with Gasteiger partial charge in [-0.05, 0) is 42.2 Å². The SMILES string of the molecule is CN1CCCC(c2ccc(F)cc2)=CC1=N. The van der Waals surface area contributed by atoms with Gasteiger partial charge in [-0.25, -0.2) is 4.39 Å². The van der Waals surface area contributed by atoms with Gasteiger partial charge in [-0.2, -0.15) is 0 Å². The van der Waals surface area contributed by atoms with Crippen LogP contribution < -0.4 is 0 Å². The zero-order valence-corrected chi connectivity index (χ0v) is 9.33. The summed E-state index contributed by atoms with van der Waals surface area (Å²) in [7, 11) is 1.92. The second-order valence-electron chi connectivity index (χ2n) is 4.09. The first-order valence-corrected chi connectivity index (χ1v) is 5.43. The highest BCUT2D eigenvalue weighted by Crippen LogP contribution is 2.22. The van der Waals surface area contributed by atoms with Gasteiger partial charge < -0.3 is 4.90 Å². The van der Waals surface area contributed by atoms with E-state index in [1.165, 1.54) is 12.1 Å². The van der Waals surface area contributed by atoms with Gasteiger partial charge in [0, 0.05) is 13.6 Å². The predicted octanol–water partition coefficient (Wildman–Crippen LogP) is 2.91. The first-order chi connectivity index (χ1) is 7.66. The van der Waals surface area contributed by atoms with E-state index in [2.05, 4.69) is 0 Å². The van der Waals surface area contributed by atoms with E-state index in [0.29, 0.717) is 5.84 Å². The van der Waals surface area contributed by atoms with Crippen molar-refractivity contribution in [1.29, 1.82) is 5.41 Å². The number of rotatable bonds is 1. The maximum Gasteiger partial charge on any atom is 0.123 e. The van der Waals surface area contributed by atoms with E-state index in [4.69, 9.17) is 5.41 Å². The molecule has 2 nitrogen and oxygen atoms in total. The molecule has 0 unspecified atom stereocenters. The van der Waals surface area contributed by atoms with Crippen LogP contribution >= 0.6 is 0 Å². The average molecular weight is 218 g/mol. The minimum Gasteiger partial charge on any atom is -0.360 e. The van der Waals surface area contributed by atoms with Gasteiger partial charge in [-0.3, -0.25) is 5.41 Å². The zero-order chi connectivity index (χ0) is 11.5. The summed E-state index contributed by atoms with van der Waals surface area (Å²) in [6, 6.07) is 6.49. The molecular weight excluding hydrogens is 203 g/mol. The molecule has 0 aromatic heterocycles. The smallest absolute Gasteiger partial charge is 0.123 e. The monoisotopic (exact) mass is 218 g/mol. The number of allylic oxidation sites excluding steroid dienone is 1. The minimum atomic E-state index is -0.217. The molecule has 1 aromatic rings. The molecule has 3 heteroatoms. The van der Waals surface area contributed by atoms with Crippen molar-refractivity contribution >= 4 is 11.4 Å². The molecule has 0 bridgehead atoms. The van der Waals surface area contributed by atoms with Crippen LogP contribution in [0.1, 0.15) is 18.4 Å². The van der Waals surface area contributed by atoms with E-state index < -0.39 is 0 Å². The number of likely N-dealkylation sites (N-methyl/N-ethyl adjacent to an activating group) is 1. The summed E-state index contributed by atoms with van der Waals surface area (Å²) in [5.74, 6) is 0.307. The molecule has 0 saturated carbocycles. The lowest BCUT2D eigenvalue weighted by Gasteiger charge is -2.14. The fourth-order valence-corrected chi connectivity index (χ4v) is 1.87. The van der Waals surface area contributed by atoms with E-state index in [1.54, 1.807) is 12.1 Å². The Balaban J connectivity index is 2.29. The predicted molar refractivity (Wildman–Crippen MR) is 64.0 cm³/mol. The van der Waals surface area contributed by atoms with Gasteiger partial charge in [0.1, 0.15) is 11.7 Å². The third kappa shape index (κ3) is 2.30. The van der Waals surface area contributed by atoms with E-state index in [9.17, 15) is 4.39 Å². The number of nitrogens with one attached hydrogen (secondary N) is 1. The summed E-state index contributed by atoms with van der Waals surface area (Å²) in [6.07, 6.45) is 3.85. The van der Waals surface area contributed by atoms with Gasteiger partial charge in [0.15, 0.2) is 0 Å². The fraction of sp³-hybridized carbons (Fsp3) is 0.308. The Morgan fingerprint density at radius 1 is 1.25 bits per heavy atom. The molecule has 0 radical (unpaired) electrons. The van der Waals surface area contributed by atoms with Crippen molar-refractivity contribution in [1.82, 2.24) is 4.90 Å². The van der Waals surface area contributed by atoms with Crippen molar-refractivity contribution in [3.05, 3.63) is 41.7 Å². The lowest BCUT2D eigenvalue weighted by atomic mass is 10.0. The lowest BCUT2D eigenvalue weighted by Crippen LogP contribution is -2.23. The van der Waals surface area contributed by atoms with Crippen LogP contribution in [-0.2, 0) is 0 Å². The summed E-state index contributed by atoms with van der Waals surface area (Å²) in [5, 5.41) is 7.83. The molecule has 0 spiro atoms. The minimum absolute atomic E-state index is 0.217. The van der Waals surface area contributed by atoms with Gasteiger partial charge in [0.2, 0.25) is 0 Å². The first kappa shape index (κ1) is 10.9. The molecule has 84 valence electrons. The maximum atomic E-state index is 12.8. The first-order valence-electron chi connectivity index (χ1n) is 5.43. The molecule has 1 aliphatic heterocycles. The third-order valence-corrected chi connectivity index (χ3v) is 2.88. The van der Waals surface area contributed by atoms with Gasteiger partial charge in [0.25, 0.3) is 0 Å². The van der Waals surface area contributed by atoms with Crippen LogP contribution in [0.25, 0.3) is 5.57 Å². The van der Waals surface area contributed by atoms with Crippen molar-refractivity contribution < 1.29 is 4.39 Å². The molecule has 16 heavy (non-hydrogen) atoms. The average Bonchev–Trinajstić information content (AvgIpc) is 2.43. The molecule has 0 atom stereocenters. The Kier molecular flexibility index (Phi) is 3.04. The molecule has 0 fully saturated rings. The number of hydrogen-bond acceptors (Lipinski definition) is 1. The molecule has 0 saturated heterocycles. The summed E-state index contributed by atoms with van der Waals surface area (Å²) in [4.78, 5) is 1.93. The highest BCUT2D eigenvalue weighted by Gasteiger charge is 2.11. The van der Waals surface area contributed by atoms with Crippen molar-refractivity contribution in [2.45, 2.75) is 12.8 Å². The third-order valence-electron chi connectivity index (χ3n) is 2.88. The Morgan fingerprint density at radius 3 is 2.62 bits per heavy atom. The van der Waals surface area contributed by atoms with Crippen molar-refractivity contribution in [3.63, 3.8) is 0 Å². The molecule has 0 amide bonds. The van der Waals surface area contributed by atoms with Crippen LogP contribution in [0.15, 0.2) is 30.3 Å². The zero-order valence-electron chi connectivity index (χ0n) is 9.33. The second-order valence-corrected chi connectivity index (χ2v) is 4.09. The van der Waals surface area contributed by atoms with Crippen molar-refractivity contribution in [3.8, 4) is 0 Å². The van der Waals surface area contributed by atoms with Gasteiger partial charge in [0.05, 0.1) is 0 Å². The largest absolute Gasteiger partial charge is 0.360 e. The highest BCUT2D eigenvalue weighted by atomic mass is 19.1. The van der Waals surface area contributed by atoms with Crippen LogP contribution in [0.5, 0.6) is 0 Å². The van der Waals surface area contributed by atoms with Crippen molar-refractivity contribution in [2.75, 3.05) is 13.6 Å². The van der Waals surface area contributed by atoms with Crippen molar-refractivity contribution in [2.24, 2.45) is 0 Å². The van der Waals surface area contributed by atoms with E-state index in [-0.39, 0.29) is 5.82 Å². The highest BCUT2D eigenvalue weighted by molar-refractivity contribution is 5.97. The lowest BCUT2D eigenvalue weighted by molar-refractivity contribution is 0.497. The second kappa shape index (κ2) is 4.47. The molecule has 2 rings (SSSR count). The molecule has 1 aromatic carbocycles. The van der Waals surface area contributed by atoms with Crippen LogP contribution in [0, 0.1) is 11.2 Å². The van der Waals surface area contributed by atoms with Crippen LogP contribution in [-0.4, -0.2) is 24.3 Å². The fourth-order valence-electron chi connectivity index (χ4n) is 1.87.